The molecular formula is C44H60N4O12. The largest absolute Gasteiger partial charge is 0.507 e. The van der Waals surface area contributed by atoms with Crippen LogP contribution in [0.15, 0.2) is 46.3 Å². The number of methoxy groups -OCH3 is 1. The summed E-state index contributed by atoms with van der Waals surface area (Å²) >= 11 is 0. The third kappa shape index (κ3) is 9.30. The van der Waals surface area contributed by atoms with Crippen molar-refractivity contribution < 1.29 is 58.9 Å². The van der Waals surface area contributed by atoms with Gasteiger partial charge in [0.25, 0.3) is 11.7 Å². The number of Topliss-reactive ketones (excluding diaryl/α,β-unsaturated/α-hetero) is 1. The predicted octanol–water partition coefficient (Wildman–Crippen LogP) is 5.85. The third-order valence-corrected chi connectivity index (χ3v) is 11.6. The highest BCUT2D eigenvalue weighted by Gasteiger charge is 2.50. The Morgan fingerprint density at radius 2 is 1.60 bits per heavy atom. The number of anilines is 1. The van der Waals surface area contributed by atoms with Crippen LogP contribution < -0.4 is 10.1 Å². The van der Waals surface area contributed by atoms with E-state index < -0.39 is 88.8 Å². The zero-order valence-corrected chi connectivity index (χ0v) is 36.4. The van der Waals surface area contributed by atoms with Crippen LogP contribution in [0.25, 0.3) is 10.8 Å². The number of ether oxygens (including phenoxy) is 4. The molecule has 0 aliphatic carbocycles. The van der Waals surface area contributed by atoms with Gasteiger partial charge in [0.05, 0.1) is 53.0 Å². The van der Waals surface area contributed by atoms with Crippen LogP contribution in [0.5, 0.6) is 23.0 Å². The molecule has 3 aliphatic heterocycles. The molecular weight excluding hydrogens is 776 g/mol. The summed E-state index contributed by atoms with van der Waals surface area (Å²) in [5, 5.41) is 68.7. The maximum atomic E-state index is 14.4. The highest BCUT2D eigenvalue weighted by Crippen LogP contribution is 2.55. The van der Waals surface area contributed by atoms with Crippen molar-refractivity contribution in [3.63, 3.8) is 0 Å². The summed E-state index contributed by atoms with van der Waals surface area (Å²) in [6.45, 7) is 19.4. The van der Waals surface area contributed by atoms with E-state index in [-0.39, 0.29) is 44.5 Å². The fourth-order valence-corrected chi connectivity index (χ4v) is 7.79. The van der Waals surface area contributed by atoms with Crippen LogP contribution >= 0.6 is 0 Å². The Bertz CT molecular complexity index is 2120. The Labute approximate surface area is 350 Å². The quantitative estimate of drug-likeness (QED) is 0.0502. The number of amides is 1. The van der Waals surface area contributed by atoms with Crippen molar-refractivity contribution in [1.29, 1.82) is 0 Å². The molecule has 16 heteroatoms. The van der Waals surface area contributed by atoms with Gasteiger partial charge in [0.2, 0.25) is 0 Å². The number of phenolic OH excluding ortho intramolecular Hbond substituents is 3. The highest BCUT2D eigenvalue weighted by atomic mass is 16.7. The maximum Gasteiger partial charge on any atom is 0.312 e. The number of hydrogen-bond acceptors (Lipinski definition) is 14. The molecule has 0 fully saturated rings. The number of aliphatic hydroxyl groups is 2. The second-order valence-corrected chi connectivity index (χ2v) is 15.7. The second-order valence-electron chi connectivity index (χ2n) is 15.7. The summed E-state index contributed by atoms with van der Waals surface area (Å²) in [7, 11) is 1.43. The number of hydrogen-bond donors (Lipinski definition) is 6. The molecule has 0 radical (unpaired) electrons. The van der Waals surface area contributed by atoms with Gasteiger partial charge >= 0.3 is 11.8 Å². The minimum Gasteiger partial charge on any atom is -0.507 e. The Balaban J connectivity index is 2.00. The van der Waals surface area contributed by atoms with E-state index in [1.54, 1.807) is 46.8 Å². The first kappa shape index (κ1) is 47.2. The first-order chi connectivity index (χ1) is 28.2. The molecule has 6 N–H and O–H groups in total. The van der Waals surface area contributed by atoms with Crippen LogP contribution in [0.3, 0.4) is 0 Å². The van der Waals surface area contributed by atoms with Gasteiger partial charge in [0.1, 0.15) is 29.2 Å². The number of phenols is 3. The predicted molar refractivity (Wildman–Crippen MR) is 227 cm³/mol. The van der Waals surface area contributed by atoms with E-state index in [2.05, 4.69) is 15.5 Å². The van der Waals surface area contributed by atoms with Crippen LogP contribution in [0, 0.1) is 30.6 Å². The highest BCUT2D eigenvalue weighted by molar-refractivity contribution is 6.23. The molecule has 5 rings (SSSR count). The number of carbonyl (C=O) groups is 3. The molecule has 60 heavy (non-hydrogen) atoms. The topological polar surface area (TPSA) is 229 Å². The van der Waals surface area contributed by atoms with Crippen molar-refractivity contribution in [3.05, 3.63) is 52.8 Å². The second kappa shape index (κ2) is 19.3. The lowest BCUT2D eigenvalue weighted by atomic mass is 9.78. The van der Waals surface area contributed by atoms with Crippen LogP contribution in [0.4, 0.5) is 5.69 Å². The number of nitrogens with one attached hydrogen (secondary N) is 1. The monoisotopic (exact) mass is 836 g/mol. The van der Waals surface area contributed by atoms with E-state index in [1.165, 1.54) is 53.2 Å². The summed E-state index contributed by atoms with van der Waals surface area (Å²) in [6, 6.07) is 0. The molecule has 328 valence electrons. The molecule has 9 atom stereocenters. The number of allylic oxidation sites excluding steroid dienone is 2. The summed E-state index contributed by atoms with van der Waals surface area (Å²) in [5.74, 6) is -8.09. The van der Waals surface area contributed by atoms with Gasteiger partial charge in [-0.2, -0.15) is 5.10 Å². The summed E-state index contributed by atoms with van der Waals surface area (Å²) in [6.07, 6.45) is 4.58. The Morgan fingerprint density at radius 3 is 2.20 bits per heavy atom. The molecule has 9 unspecified atom stereocenters. The normalized spacial score (nSPS) is 30.1. The molecule has 0 spiro atoms. The molecule has 0 saturated carbocycles. The van der Waals surface area contributed by atoms with Crippen molar-refractivity contribution >= 4 is 46.2 Å². The van der Waals surface area contributed by atoms with E-state index >= 15 is 0 Å². The van der Waals surface area contributed by atoms with E-state index in [4.69, 9.17) is 18.9 Å². The summed E-state index contributed by atoms with van der Waals surface area (Å²) < 4.78 is 23.6. The molecule has 5 bridgehead atoms. The molecule has 1 amide bonds. The third-order valence-electron chi connectivity index (χ3n) is 11.6. The molecule has 2 aromatic rings. The van der Waals surface area contributed by atoms with Crippen molar-refractivity contribution in [2.75, 3.05) is 25.5 Å². The smallest absolute Gasteiger partial charge is 0.312 e. The van der Waals surface area contributed by atoms with Gasteiger partial charge in [-0.3, -0.25) is 14.4 Å². The molecule has 3 heterocycles. The lowest BCUT2D eigenvalue weighted by Crippen LogP contribution is -2.46. The van der Waals surface area contributed by atoms with Gasteiger partial charge in [-0.15, -0.1) is 5.10 Å². The average Bonchev–Trinajstić information content (AvgIpc) is 3.47. The lowest BCUT2D eigenvalue weighted by molar-refractivity contribution is -0.160. The average molecular weight is 837 g/mol. The summed E-state index contributed by atoms with van der Waals surface area (Å²) in [4.78, 5) is 42.4. The zero-order chi connectivity index (χ0) is 45.0. The van der Waals surface area contributed by atoms with E-state index in [0.29, 0.717) is 18.9 Å². The Kier molecular flexibility index (Phi) is 15.2. The van der Waals surface area contributed by atoms with Crippen molar-refractivity contribution in [2.24, 2.45) is 33.9 Å². The Morgan fingerprint density at radius 1 is 0.950 bits per heavy atom. The van der Waals surface area contributed by atoms with Crippen LogP contribution in [-0.4, -0.2) is 111 Å². The van der Waals surface area contributed by atoms with Gasteiger partial charge < -0.3 is 54.7 Å². The molecule has 2 aromatic carbocycles. The number of carbonyl (C=O) groups excluding carboxylic acids is 3. The minimum atomic E-state index is -2.07. The molecule has 0 aromatic heterocycles. The standard InChI is InChI=1S/C44H60N4O12/c1-13-48(14-2)27(9)47-45-20-29-34-39(54)32-31(38(29)53)33-41(26(8)37(32)52)60-44(11,42(33)55)58-19-18-30(57-12)23(5)40(59-28(10)49)25(7)36(51)24(6)35(50)21(3)16-15-17-22(4)43(56)46-34/h15-21,23-25,30,35-36,40,50-54H,13-14H2,1-12H3,(H,46,56)/b16-15+,19-18+,22-17+,45-20-,47-27-. The number of ketones is 1. The fraction of sp³-hybridized carbons (Fsp3) is 0.523. The van der Waals surface area contributed by atoms with Gasteiger partial charge in [-0.25, -0.2) is 0 Å². The van der Waals surface area contributed by atoms with Gasteiger partial charge in [-0.1, -0.05) is 45.9 Å². The number of benzene rings is 2. The maximum absolute atomic E-state index is 14.4. The first-order valence-electron chi connectivity index (χ1n) is 20.1. The van der Waals surface area contributed by atoms with Gasteiger partial charge in [0.15, 0.2) is 5.75 Å². The Hall–Kier alpha value is -5.45. The minimum absolute atomic E-state index is 0.0347. The number of nitrogens with zero attached hydrogens (tertiary/aromatic N) is 3. The number of fused-ring (bicyclic) bond motifs is 14. The van der Waals surface area contributed by atoms with Crippen molar-refractivity contribution in [3.8, 4) is 23.0 Å². The van der Waals surface area contributed by atoms with Crippen molar-refractivity contribution in [2.45, 2.75) is 106 Å². The SMILES string of the molecule is CCN(CC)/C(C)=N\N=C/c1c2c(O)c3c(O)c(C)c4c(c3c1O)C(=O)C(C)(O/C=C/C(OC)C(C)C(OC(C)=O)C(C)C(O)C(C)C(O)C(C)/C=C/C=C(\C)C(=O)N2)O4. The van der Waals surface area contributed by atoms with Crippen molar-refractivity contribution in [1.82, 2.24) is 4.90 Å². The zero-order valence-electron chi connectivity index (χ0n) is 36.4. The number of aliphatic hydroxyl groups excluding tert-OH is 2. The van der Waals surface area contributed by atoms with E-state index in [1.807, 2.05) is 18.7 Å². The molecule has 3 aliphatic rings. The van der Waals surface area contributed by atoms with Crippen LogP contribution in [-0.2, 0) is 23.8 Å². The number of aromatic hydroxyl groups is 3. The van der Waals surface area contributed by atoms with Gasteiger partial charge in [-0.05, 0) is 40.7 Å². The molecule has 16 nitrogen and oxygen atoms in total. The van der Waals surface area contributed by atoms with Crippen LogP contribution in [0.1, 0.15) is 90.7 Å². The van der Waals surface area contributed by atoms with Gasteiger partial charge in [0, 0.05) is 74.2 Å². The number of rotatable bonds is 6. The van der Waals surface area contributed by atoms with Crippen LogP contribution in [0.2, 0.25) is 0 Å². The fourth-order valence-electron chi connectivity index (χ4n) is 7.79. The first-order valence-corrected chi connectivity index (χ1v) is 20.1. The summed E-state index contributed by atoms with van der Waals surface area (Å²) in [5.41, 5.74) is -0.591. The number of amidine groups is 1. The lowest BCUT2D eigenvalue weighted by Gasteiger charge is -2.38. The molecule has 0 saturated heterocycles. The number of esters is 1. The van der Waals surface area contributed by atoms with E-state index in [9.17, 15) is 39.9 Å². The van der Waals surface area contributed by atoms with E-state index in [0.717, 1.165) is 6.21 Å².